The molecule has 0 amide bonds. The van der Waals surface area contributed by atoms with Crippen LogP contribution < -0.4 is 9.46 Å². The van der Waals surface area contributed by atoms with Gasteiger partial charge in [-0.05, 0) is 60.1 Å². The molecule has 2 aromatic carbocycles. The van der Waals surface area contributed by atoms with Crippen LogP contribution in [0.25, 0.3) is 10.8 Å². The molecule has 0 aliphatic rings. The minimum absolute atomic E-state index is 0.606. The Bertz CT molecular complexity index is 716. The number of ether oxygens (including phenoxy) is 1. The first-order chi connectivity index (χ1) is 9.85. The van der Waals surface area contributed by atoms with Crippen LogP contribution >= 0.6 is 11.9 Å². The van der Waals surface area contributed by atoms with E-state index in [2.05, 4.69) is 34.0 Å². The number of hydrogen-bond acceptors (Lipinski definition) is 4. The SMILES string of the molecule is CNSc1ccc2cc(Oc3ccccn3)ccc2c1. The van der Waals surface area contributed by atoms with Crippen LogP contribution in [0.5, 0.6) is 11.6 Å². The van der Waals surface area contributed by atoms with Gasteiger partial charge in [-0.25, -0.2) is 4.98 Å². The van der Waals surface area contributed by atoms with Crippen LogP contribution in [0.15, 0.2) is 65.7 Å². The Balaban J connectivity index is 1.89. The highest BCUT2D eigenvalue weighted by atomic mass is 32.2. The van der Waals surface area contributed by atoms with Crippen molar-refractivity contribution in [2.24, 2.45) is 0 Å². The van der Waals surface area contributed by atoms with Crippen molar-refractivity contribution in [2.75, 3.05) is 7.05 Å². The largest absolute Gasteiger partial charge is 0.439 e. The topological polar surface area (TPSA) is 34.1 Å². The summed E-state index contributed by atoms with van der Waals surface area (Å²) >= 11 is 1.61. The van der Waals surface area contributed by atoms with Gasteiger partial charge >= 0.3 is 0 Å². The van der Waals surface area contributed by atoms with Gasteiger partial charge in [0.15, 0.2) is 0 Å². The van der Waals surface area contributed by atoms with Crippen molar-refractivity contribution in [1.29, 1.82) is 0 Å². The van der Waals surface area contributed by atoms with E-state index in [0.29, 0.717) is 5.88 Å². The lowest BCUT2D eigenvalue weighted by atomic mass is 10.1. The third-order valence-corrected chi connectivity index (χ3v) is 3.56. The second kappa shape index (κ2) is 5.94. The standard InChI is InChI=1S/C16H14N2OS/c1-17-20-15-8-6-12-10-14(7-5-13(12)11-15)19-16-4-2-3-9-18-16/h2-11,17H,1H3. The zero-order chi connectivity index (χ0) is 13.8. The van der Waals surface area contributed by atoms with Crippen molar-refractivity contribution in [1.82, 2.24) is 9.71 Å². The molecule has 0 aliphatic carbocycles. The molecule has 20 heavy (non-hydrogen) atoms. The number of nitrogens with one attached hydrogen (secondary N) is 1. The summed E-state index contributed by atoms with van der Waals surface area (Å²) in [6.45, 7) is 0. The van der Waals surface area contributed by atoms with Crippen molar-refractivity contribution in [2.45, 2.75) is 4.90 Å². The first kappa shape index (κ1) is 13.0. The second-order valence-electron chi connectivity index (χ2n) is 4.25. The molecule has 0 saturated heterocycles. The molecular weight excluding hydrogens is 268 g/mol. The molecule has 1 N–H and O–H groups in total. The van der Waals surface area contributed by atoms with Gasteiger partial charge in [0, 0.05) is 17.2 Å². The van der Waals surface area contributed by atoms with Gasteiger partial charge in [-0.3, -0.25) is 4.72 Å². The average molecular weight is 282 g/mol. The van der Waals surface area contributed by atoms with Gasteiger partial charge in [0.25, 0.3) is 0 Å². The van der Waals surface area contributed by atoms with Crippen LogP contribution in [0.1, 0.15) is 0 Å². The summed E-state index contributed by atoms with van der Waals surface area (Å²) in [6.07, 6.45) is 1.72. The normalized spacial score (nSPS) is 10.7. The van der Waals surface area contributed by atoms with Gasteiger partial charge in [0.2, 0.25) is 5.88 Å². The molecule has 0 aliphatic heterocycles. The summed E-state index contributed by atoms with van der Waals surface area (Å²) < 4.78 is 8.81. The minimum atomic E-state index is 0.606. The van der Waals surface area contributed by atoms with E-state index in [1.165, 1.54) is 10.3 Å². The molecular formula is C16H14N2OS. The third-order valence-electron chi connectivity index (χ3n) is 2.86. The molecule has 3 aromatic rings. The lowest BCUT2D eigenvalue weighted by Gasteiger charge is -2.07. The lowest BCUT2D eigenvalue weighted by Crippen LogP contribution is -1.90. The summed E-state index contributed by atoms with van der Waals surface area (Å²) in [5.74, 6) is 1.40. The van der Waals surface area contributed by atoms with Crippen LogP contribution in [0.2, 0.25) is 0 Å². The highest BCUT2D eigenvalue weighted by Crippen LogP contribution is 2.27. The maximum absolute atomic E-state index is 5.74. The van der Waals surface area contributed by atoms with Gasteiger partial charge < -0.3 is 4.74 Å². The number of benzene rings is 2. The van der Waals surface area contributed by atoms with Crippen LogP contribution in [-0.4, -0.2) is 12.0 Å². The Kier molecular flexibility index (Phi) is 3.85. The third kappa shape index (κ3) is 2.92. The maximum Gasteiger partial charge on any atom is 0.219 e. The first-order valence-electron chi connectivity index (χ1n) is 6.31. The zero-order valence-electron chi connectivity index (χ0n) is 11.0. The molecule has 0 fully saturated rings. The van der Waals surface area contributed by atoms with Crippen LogP contribution in [0, 0.1) is 0 Å². The Hall–Kier alpha value is -2.04. The van der Waals surface area contributed by atoms with Crippen molar-refractivity contribution in [3.05, 3.63) is 60.8 Å². The molecule has 1 aromatic heterocycles. The summed E-state index contributed by atoms with van der Waals surface area (Å²) in [7, 11) is 1.92. The maximum atomic E-state index is 5.74. The molecule has 4 heteroatoms. The predicted molar refractivity (Wildman–Crippen MR) is 83.2 cm³/mol. The van der Waals surface area contributed by atoms with Gasteiger partial charge in [-0.2, -0.15) is 0 Å². The fraction of sp³-hybridized carbons (Fsp3) is 0.0625. The highest BCUT2D eigenvalue weighted by molar-refractivity contribution is 7.97. The van der Waals surface area contributed by atoms with E-state index < -0.39 is 0 Å². The number of fused-ring (bicyclic) bond motifs is 1. The molecule has 1 heterocycles. The van der Waals surface area contributed by atoms with E-state index in [-0.39, 0.29) is 0 Å². The number of aromatic nitrogens is 1. The highest BCUT2D eigenvalue weighted by Gasteiger charge is 2.01. The molecule has 0 atom stereocenters. The Labute approximate surface area is 122 Å². The quantitative estimate of drug-likeness (QED) is 0.725. The number of nitrogens with zero attached hydrogens (tertiary/aromatic N) is 1. The summed E-state index contributed by atoms with van der Waals surface area (Å²) in [4.78, 5) is 5.35. The molecule has 3 nitrogen and oxygen atoms in total. The predicted octanol–water partition coefficient (Wildman–Crippen LogP) is 4.25. The number of hydrogen-bond donors (Lipinski definition) is 1. The molecule has 0 saturated carbocycles. The van der Waals surface area contributed by atoms with Crippen LogP contribution in [-0.2, 0) is 0 Å². The molecule has 100 valence electrons. The Morgan fingerprint density at radius 3 is 2.65 bits per heavy atom. The summed E-state index contributed by atoms with van der Waals surface area (Å²) in [5, 5.41) is 2.34. The number of rotatable bonds is 4. The molecule has 0 spiro atoms. The smallest absolute Gasteiger partial charge is 0.219 e. The average Bonchev–Trinajstić information content (AvgIpc) is 2.49. The fourth-order valence-electron chi connectivity index (χ4n) is 1.97. The van der Waals surface area contributed by atoms with Crippen molar-refractivity contribution in [3.63, 3.8) is 0 Å². The summed E-state index contributed by atoms with van der Waals surface area (Å²) in [5.41, 5.74) is 0. The van der Waals surface area contributed by atoms with Gasteiger partial charge in [-0.15, -0.1) is 0 Å². The molecule has 3 rings (SSSR count). The molecule has 0 bridgehead atoms. The Morgan fingerprint density at radius 2 is 1.85 bits per heavy atom. The van der Waals surface area contributed by atoms with E-state index in [1.54, 1.807) is 18.1 Å². The van der Waals surface area contributed by atoms with Crippen molar-refractivity contribution in [3.8, 4) is 11.6 Å². The summed E-state index contributed by atoms with van der Waals surface area (Å²) in [6, 6.07) is 18.0. The molecule has 0 radical (unpaired) electrons. The van der Waals surface area contributed by atoms with Gasteiger partial charge in [-0.1, -0.05) is 18.2 Å². The van der Waals surface area contributed by atoms with E-state index in [0.717, 1.165) is 11.1 Å². The second-order valence-corrected chi connectivity index (χ2v) is 5.33. The van der Waals surface area contributed by atoms with Gasteiger partial charge in [0.05, 0.1) is 0 Å². The lowest BCUT2D eigenvalue weighted by molar-refractivity contribution is 0.463. The fourth-order valence-corrected chi connectivity index (χ4v) is 2.53. The van der Waals surface area contributed by atoms with E-state index in [4.69, 9.17) is 4.74 Å². The number of pyridine rings is 1. The molecule has 0 unspecified atom stereocenters. The monoisotopic (exact) mass is 282 g/mol. The van der Waals surface area contributed by atoms with Crippen LogP contribution in [0.4, 0.5) is 0 Å². The Morgan fingerprint density at radius 1 is 1.00 bits per heavy atom. The van der Waals surface area contributed by atoms with E-state index in [9.17, 15) is 0 Å². The first-order valence-corrected chi connectivity index (χ1v) is 7.13. The zero-order valence-corrected chi connectivity index (χ0v) is 11.9. The van der Waals surface area contributed by atoms with Gasteiger partial charge in [0.1, 0.15) is 5.75 Å². The van der Waals surface area contributed by atoms with Crippen molar-refractivity contribution < 1.29 is 4.74 Å². The minimum Gasteiger partial charge on any atom is -0.439 e. The van der Waals surface area contributed by atoms with Crippen molar-refractivity contribution >= 4 is 22.7 Å². The van der Waals surface area contributed by atoms with E-state index >= 15 is 0 Å². The van der Waals surface area contributed by atoms with E-state index in [1.807, 2.05) is 37.4 Å². The van der Waals surface area contributed by atoms with Crippen LogP contribution in [0.3, 0.4) is 0 Å².